The van der Waals surface area contributed by atoms with Crippen LogP contribution in [-0.4, -0.2) is 24.7 Å². The number of hydrogen-bond donors (Lipinski definition) is 2. The van der Waals surface area contributed by atoms with E-state index in [9.17, 15) is 18.0 Å². The van der Waals surface area contributed by atoms with Gasteiger partial charge >= 0.3 is 6.18 Å². The molecule has 0 spiro atoms. The second-order valence-electron chi connectivity index (χ2n) is 5.70. The lowest BCUT2D eigenvalue weighted by Gasteiger charge is -2.32. The standard InChI is InChI=1S/C13H23F3N2O/c1-8(2)11(7-17)12(19)18-10-5-3-4-9(6-10)13(14,15)16/h8-11H,3-7,17H2,1-2H3,(H,18,19). The van der Waals surface area contributed by atoms with Gasteiger partial charge in [0.25, 0.3) is 0 Å². The maximum atomic E-state index is 12.7. The summed E-state index contributed by atoms with van der Waals surface area (Å²) in [7, 11) is 0. The lowest BCUT2D eigenvalue weighted by Crippen LogP contribution is -2.46. The number of hydrogen-bond acceptors (Lipinski definition) is 2. The van der Waals surface area contributed by atoms with Crippen molar-refractivity contribution >= 4 is 5.91 Å². The highest BCUT2D eigenvalue weighted by atomic mass is 19.4. The first kappa shape index (κ1) is 16.3. The van der Waals surface area contributed by atoms with Gasteiger partial charge in [-0.05, 0) is 25.2 Å². The number of nitrogens with one attached hydrogen (secondary N) is 1. The third-order valence-corrected chi connectivity index (χ3v) is 3.88. The second kappa shape index (κ2) is 6.59. The summed E-state index contributed by atoms with van der Waals surface area (Å²) < 4.78 is 38.0. The van der Waals surface area contributed by atoms with Crippen LogP contribution in [0.15, 0.2) is 0 Å². The Morgan fingerprint density at radius 3 is 2.47 bits per heavy atom. The summed E-state index contributed by atoms with van der Waals surface area (Å²) in [6.45, 7) is 3.99. The van der Waals surface area contributed by atoms with Crippen molar-refractivity contribution in [3.8, 4) is 0 Å². The maximum Gasteiger partial charge on any atom is 0.391 e. The molecule has 3 unspecified atom stereocenters. The lowest BCUT2D eigenvalue weighted by molar-refractivity contribution is -0.184. The van der Waals surface area contributed by atoms with E-state index in [0.717, 1.165) is 0 Å². The molecule has 0 aromatic heterocycles. The van der Waals surface area contributed by atoms with Crippen molar-refractivity contribution in [1.29, 1.82) is 0 Å². The number of carbonyl (C=O) groups is 1. The fraction of sp³-hybridized carbons (Fsp3) is 0.923. The Balaban J connectivity index is 2.55. The van der Waals surface area contributed by atoms with Crippen LogP contribution in [0.1, 0.15) is 39.5 Å². The quantitative estimate of drug-likeness (QED) is 0.831. The average molecular weight is 280 g/mol. The zero-order valence-corrected chi connectivity index (χ0v) is 11.5. The van der Waals surface area contributed by atoms with Crippen molar-refractivity contribution in [1.82, 2.24) is 5.32 Å². The van der Waals surface area contributed by atoms with Crippen LogP contribution in [0, 0.1) is 17.8 Å². The first-order valence-corrected chi connectivity index (χ1v) is 6.82. The molecule has 0 radical (unpaired) electrons. The molecule has 6 heteroatoms. The van der Waals surface area contributed by atoms with Crippen molar-refractivity contribution in [2.24, 2.45) is 23.5 Å². The average Bonchev–Trinajstić information content (AvgIpc) is 2.28. The van der Waals surface area contributed by atoms with Crippen LogP contribution in [0.4, 0.5) is 13.2 Å². The van der Waals surface area contributed by atoms with Gasteiger partial charge < -0.3 is 11.1 Å². The molecular formula is C13H23F3N2O. The summed E-state index contributed by atoms with van der Waals surface area (Å²) in [6.07, 6.45) is -2.88. The van der Waals surface area contributed by atoms with E-state index in [2.05, 4.69) is 5.32 Å². The van der Waals surface area contributed by atoms with E-state index < -0.39 is 12.1 Å². The molecule has 0 aromatic carbocycles. The summed E-state index contributed by atoms with van der Waals surface area (Å²) >= 11 is 0. The van der Waals surface area contributed by atoms with Gasteiger partial charge in [-0.3, -0.25) is 4.79 Å². The number of halogens is 3. The Bertz CT molecular complexity index is 305. The van der Waals surface area contributed by atoms with E-state index in [0.29, 0.717) is 12.8 Å². The molecule has 0 heterocycles. The molecule has 112 valence electrons. The summed E-state index contributed by atoms with van der Waals surface area (Å²) in [6, 6.07) is -0.374. The molecule has 1 aliphatic rings. The largest absolute Gasteiger partial charge is 0.391 e. The summed E-state index contributed by atoms with van der Waals surface area (Å²) in [5.41, 5.74) is 5.54. The van der Waals surface area contributed by atoms with Crippen molar-refractivity contribution in [3.63, 3.8) is 0 Å². The monoisotopic (exact) mass is 280 g/mol. The van der Waals surface area contributed by atoms with Gasteiger partial charge in [0.05, 0.1) is 11.8 Å². The SMILES string of the molecule is CC(C)C(CN)C(=O)NC1CCCC(C(F)(F)F)C1. The second-order valence-corrected chi connectivity index (χ2v) is 5.70. The third kappa shape index (κ3) is 4.67. The predicted octanol–water partition coefficient (Wildman–Crippen LogP) is 2.45. The summed E-state index contributed by atoms with van der Waals surface area (Å²) in [4.78, 5) is 12.0. The van der Waals surface area contributed by atoms with Crippen LogP contribution >= 0.6 is 0 Å². The maximum absolute atomic E-state index is 12.7. The molecule has 1 fully saturated rings. The minimum atomic E-state index is -4.16. The molecule has 1 saturated carbocycles. The molecule has 1 aliphatic carbocycles. The molecule has 0 saturated heterocycles. The number of alkyl halides is 3. The predicted molar refractivity (Wildman–Crippen MR) is 67.3 cm³/mol. The highest BCUT2D eigenvalue weighted by Crippen LogP contribution is 2.37. The Labute approximate surface area is 112 Å². The molecule has 3 N–H and O–H groups in total. The van der Waals surface area contributed by atoms with E-state index in [1.54, 1.807) is 0 Å². The Morgan fingerprint density at radius 2 is 2.00 bits per heavy atom. The lowest BCUT2D eigenvalue weighted by atomic mass is 9.84. The molecule has 0 aromatic rings. The Hall–Kier alpha value is -0.780. The zero-order valence-electron chi connectivity index (χ0n) is 11.5. The Morgan fingerprint density at radius 1 is 1.37 bits per heavy atom. The van der Waals surface area contributed by atoms with Crippen LogP contribution in [0.2, 0.25) is 0 Å². The Kier molecular flexibility index (Phi) is 5.64. The first-order chi connectivity index (χ1) is 8.75. The zero-order chi connectivity index (χ0) is 14.6. The van der Waals surface area contributed by atoms with Crippen LogP contribution < -0.4 is 11.1 Å². The summed E-state index contributed by atoms with van der Waals surface area (Å²) in [5, 5.41) is 2.73. The minimum Gasteiger partial charge on any atom is -0.353 e. The van der Waals surface area contributed by atoms with E-state index in [-0.39, 0.29) is 43.2 Å². The normalized spacial score (nSPS) is 26.3. The van der Waals surface area contributed by atoms with Gasteiger partial charge in [0.2, 0.25) is 5.91 Å². The van der Waals surface area contributed by atoms with Gasteiger partial charge in [0, 0.05) is 12.6 Å². The van der Waals surface area contributed by atoms with Crippen molar-refractivity contribution < 1.29 is 18.0 Å². The highest BCUT2D eigenvalue weighted by Gasteiger charge is 2.42. The van der Waals surface area contributed by atoms with Gasteiger partial charge in [-0.25, -0.2) is 0 Å². The van der Waals surface area contributed by atoms with Crippen LogP contribution in [-0.2, 0) is 4.79 Å². The number of nitrogens with two attached hydrogens (primary N) is 1. The van der Waals surface area contributed by atoms with Gasteiger partial charge in [-0.1, -0.05) is 20.3 Å². The number of carbonyl (C=O) groups excluding carboxylic acids is 1. The van der Waals surface area contributed by atoms with Crippen molar-refractivity contribution in [2.45, 2.75) is 51.7 Å². The van der Waals surface area contributed by atoms with E-state index in [1.165, 1.54) is 0 Å². The molecule has 0 bridgehead atoms. The van der Waals surface area contributed by atoms with Crippen LogP contribution in [0.25, 0.3) is 0 Å². The van der Waals surface area contributed by atoms with E-state index >= 15 is 0 Å². The molecule has 19 heavy (non-hydrogen) atoms. The van der Waals surface area contributed by atoms with Gasteiger partial charge in [-0.15, -0.1) is 0 Å². The molecule has 0 aliphatic heterocycles. The molecule has 3 atom stereocenters. The fourth-order valence-corrected chi connectivity index (χ4v) is 2.61. The number of rotatable bonds is 4. The minimum absolute atomic E-state index is 0.00930. The smallest absolute Gasteiger partial charge is 0.353 e. The molecule has 3 nitrogen and oxygen atoms in total. The fourth-order valence-electron chi connectivity index (χ4n) is 2.61. The van der Waals surface area contributed by atoms with Crippen LogP contribution in [0.5, 0.6) is 0 Å². The topological polar surface area (TPSA) is 55.1 Å². The molecule has 1 amide bonds. The van der Waals surface area contributed by atoms with Crippen LogP contribution in [0.3, 0.4) is 0 Å². The number of amides is 1. The third-order valence-electron chi connectivity index (χ3n) is 3.88. The van der Waals surface area contributed by atoms with Crippen molar-refractivity contribution in [3.05, 3.63) is 0 Å². The first-order valence-electron chi connectivity index (χ1n) is 6.82. The van der Waals surface area contributed by atoms with Gasteiger partial charge in [-0.2, -0.15) is 13.2 Å². The van der Waals surface area contributed by atoms with Gasteiger partial charge in [0.15, 0.2) is 0 Å². The van der Waals surface area contributed by atoms with Crippen molar-refractivity contribution in [2.75, 3.05) is 6.54 Å². The van der Waals surface area contributed by atoms with E-state index in [1.807, 2.05) is 13.8 Å². The van der Waals surface area contributed by atoms with E-state index in [4.69, 9.17) is 5.73 Å². The highest BCUT2D eigenvalue weighted by molar-refractivity contribution is 5.79. The molecular weight excluding hydrogens is 257 g/mol. The molecule has 1 rings (SSSR count). The summed E-state index contributed by atoms with van der Waals surface area (Å²) in [5.74, 6) is -1.74. The van der Waals surface area contributed by atoms with Gasteiger partial charge in [0.1, 0.15) is 0 Å².